The topological polar surface area (TPSA) is 132 Å². The van der Waals surface area contributed by atoms with Gasteiger partial charge in [-0.2, -0.15) is 0 Å². The maximum Gasteiger partial charge on any atom is 0.411 e. The molecule has 8 nitrogen and oxygen atoms in total. The van der Waals surface area contributed by atoms with Gasteiger partial charge in [-0.25, -0.2) is 9.18 Å². The highest BCUT2D eigenvalue weighted by Gasteiger charge is 2.16. The van der Waals surface area contributed by atoms with E-state index in [9.17, 15) is 14.0 Å². The number of nitrogens with two attached hydrogens (primary N) is 2. The van der Waals surface area contributed by atoms with Crippen LogP contribution in [-0.4, -0.2) is 31.2 Å². The number of halogens is 1. The quantitative estimate of drug-likeness (QED) is 0.347. The number of ether oxygens (including phenoxy) is 1. The van der Waals surface area contributed by atoms with E-state index in [4.69, 9.17) is 16.2 Å². The highest BCUT2D eigenvalue weighted by atomic mass is 19.1. The first-order valence-corrected chi connectivity index (χ1v) is 10.3. The molecule has 0 saturated carbocycles. The number of hydrogen-bond donors (Lipinski definition) is 5. The van der Waals surface area contributed by atoms with Crippen LogP contribution in [0.15, 0.2) is 42.5 Å². The van der Waals surface area contributed by atoms with Gasteiger partial charge in [-0.3, -0.25) is 10.1 Å². The maximum absolute atomic E-state index is 13.1. The van der Waals surface area contributed by atoms with Crippen LogP contribution < -0.4 is 27.4 Å². The molecule has 2 amide bonds. The van der Waals surface area contributed by atoms with Crippen LogP contribution in [0.3, 0.4) is 0 Å². The molecule has 0 spiro atoms. The van der Waals surface area contributed by atoms with Crippen LogP contribution in [0.2, 0.25) is 0 Å². The number of nitrogens with one attached hydrogen (secondary N) is 3. The predicted octanol–water partition coefficient (Wildman–Crippen LogP) is 3.40. The maximum atomic E-state index is 13.1. The Hall–Kier alpha value is -3.17. The van der Waals surface area contributed by atoms with E-state index >= 15 is 0 Å². The summed E-state index contributed by atoms with van der Waals surface area (Å²) in [6, 6.07) is 10.5. The summed E-state index contributed by atoms with van der Waals surface area (Å²) >= 11 is 0. The molecular formula is C22H30FN5O3. The second kappa shape index (κ2) is 12.5. The van der Waals surface area contributed by atoms with Crippen LogP contribution in [0.25, 0.3) is 0 Å². The zero-order valence-corrected chi connectivity index (χ0v) is 17.6. The Labute approximate surface area is 181 Å². The number of hydrogen-bond acceptors (Lipinski definition) is 6. The van der Waals surface area contributed by atoms with Gasteiger partial charge in [-0.15, -0.1) is 0 Å². The van der Waals surface area contributed by atoms with Crippen LogP contribution in [0, 0.1) is 5.82 Å². The zero-order chi connectivity index (χ0) is 22.6. The fourth-order valence-electron chi connectivity index (χ4n) is 2.82. The molecule has 2 aromatic rings. The van der Waals surface area contributed by atoms with Gasteiger partial charge in [0.05, 0.1) is 24.0 Å². The highest BCUT2D eigenvalue weighted by Crippen LogP contribution is 2.27. The molecule has 0 aliphatic rings. The smallest absolute Gasteiger partial charge is 0.411 e. The van der Waals surface area contributed by atoms with Crippen molar-refractivity contribution in [1.82, 2.24) is 0 Å². The standard InChI is InChI=1S/C22H30FN5O3/c1-2-31-22(30)28-19-11-10-17(26-14-15-6-8-16(23)9-7-15)13-20(19)27-21(29)18(25)5-3-4-12-24/h6-11,13,18,26H,2-5,12,14,24-25H2,1H3,(H,27,29)(H,28,30). The number of anilines is 3. The first kappa shape index (κ1) is 24.1. The molecule has 7 N–H and O–H groups in total. The summed E-state index contributed by atoms with van der Waals surface area (Å²) in [6.07, 6.45) is 1.42. The van der Waals surface area contributed by atoms with Gasteiger partial charge in [0.2, 0.25) is 5.91 Å². The minimum atomic E-state index is -0.696. The van der Waals surface area contributed by atoms with Crippen molar-refractivity contribution in [3.63, 3.8) is 0 Å². The van der Waals surface area contributed by atoms with Gasteiger partial charge >= 0.3 is 6.09 Å². The Morgan fingerprint density at radius 1 is 1.06 bits per heavy atom. The summed E-state index contributed by atoms with van der Waals surface area (Å²) in [5.74, 6) is -0.662. The predicted molar refractivity (Wildman–Crippen MR) is 120 cm³/mol. The van der Waals surface area contributed by atoms with Gasteiger partial charge in [0.1, 0.15) is 5.82 Å². The van der Waals surface area contributed by atoms with Crippen molar-refractivity contribution in [3.8, 4) is 0 Å². The lowest BCUT2D eigenvalue weighted by molar-refractivity contribution is -0.117. The van der Waals surface area contributed by atoms with Crippen molar-refractivity contribution in [3.05, 3.63) is 53.8 Å². The fraction of sp³-hybridized carbons (Fsp3) is 0.364. The Kier molecular flexibility index (Phi) is 9.73. The molecule has 31 heavy (non-hydrogen) atoms. The summed E-state index contributed by atoms with van der Waals surface area (Å²) in [7, 11) is 0. The summed E-state index contributed by atoms with van der Waals surface area (Å²) < 4.78 is 18.0. The van der Waals surface area contributed by atoms with Gasteiger partial charge in [0.25, 0.3) is 0 Å². The van der Waals surface area contributed by atoms with Crippen LogP contribution in [-0.2, 0) is 16.1 Å². The van der Waals surface area contributed by atoms with Gasteiger partial charge in [-0.1, -0.05) is 18.6 Å². The van der Waals surface area contributed by atoms with Crippen molar-refractivity contribution in [2.75, 3.05) is 29.1 Å². The normalized spacial score (nSPS) is 11.5. The Morgan fingerprint density at radius 3 is 2.48 bits per heavy atom. The summed E-state index contributed by atoms with van der Waals surface area (Å²) in [5, 5.41) is 8.60. The lowest BCUT2D eigenvalue weighted by Crippen LogP contribution is -2.35. The van der Waals surface area contributed by atoms with Gasteiger partial charge < -0.3 is 26.8 Å². The average Bonchev–Trinajstić information content (AvgIpc) is 2.75. The first-order valence-electron chi connectivity index (χ1n) is 10.3. The lowest BCUT2D eigenvalue weighted by Gasteiger charge is -2.17. The molecule has 0 radical (unpaired) electrons. The number of unbranched alkanes of at least 4 members (excludes halogenated alkanes) is 1. The van der Waals surface area contributed by atoms with E-state index in [2.05, 4.69) is 16.0 Å². The van der Waals surface area contributed by atoms with Crippen molar-refractivity contribution in [2.24, 2.45) is 11.5 Å². The van der Waals surface area contributed by atoms with E-state index in [1.54, 1.807) is 37.3 Å². The molecule has 1 unspecified atom stereocenters. The molecule has 0 heterocycles. The Morgan fingerprint density at radius 2 is 1.81 bits per heavy atom. The Balaban J connectivity index is 2.13. The summed E-state index contributed by atoms with van der Waals surface area (Å²) in [4.78, 5) is 24.4. The van der Waals surface area contributed by atoms with Gasteiger partial charge in [0, 0.05) is 12.2 Å². The third-order valence-electron chi connectivity index (χ3n) is 4.51. The van der Waals surface area contributed by atoms with Crippen LogP contribution >= 0.6 is 0 Å². The third-order valence-corrected chi connectivity index (χ3v) is 4.51. The van der Waals surface area contributed by atoms with E-state index < -0.39 is 12.1 Å². The molecule has 0 aliphatic heterocycles. The molecule has 0 aliphatic carbocycles. The molecule has 168 valence electrons. The van der Waals surface area contributed by atoms with Crippen molar-refractivity contribution in [2.45, 2.75) is 38.8 Å². The van der Waals surface area contributed by atoms with Crippen molar-refractivity contribution >= 4 is 29.1 Å². The first-order chi connectivity index (χ1) is 14.9. The molecule has 2 aromatic carbocycles. The number of benzene rings is 2. The van der Waals surface area contributed by atoms with Gasteiger partial charge in [0.15, 0.2) is 0 Å². The fourth-order valence-corrected chi connectivity index (χ4v) is 2.82. The number of carbonyl (C=O) groups excluding carboxylic acids is 2. The van der Waals surface area contributed by atoms with Gasteiger partial charge in [-0.05, 0) is 62.2 Å². The van der Waals surface area contributed by atoms with Crippen molar-refractivity contribution in [1.29, 1.82) is 0 Å². The number of carbonyl (C=O) groups is 2. The van der Waals surface area contributed by atoms with E-state index in [1.165, 1.54) is 12.1 Å². The molecule has 0 aromatic heterocycles. The van der Waals surface area contributed by atoms with Crippen LogP contribution in [0.1, 0.15) is 31.7 Å². The number of amides is 2. The lowest BCUT2D eigenvalue weighted by atomic mass is 10.1. The van der Waals surface area contributed by atoms with E-state index in [0.29, 0.717) is 36.6 Å². The highest BCUT2D eigenvalue weighted by molar-refractivity contribution is 6.00. The SMILES string of the molecule is CCOC(=O)Nc1ccc(NCc2ccc(F)cc2)cc1NC(=O)C(N)CCCCN. The monoisotopic (exact) mass is 431 g/mol. The average molecular weight is 432 g/mol. The second-order valence-corrected chi connectivity index (χ2v) is 6.97. The summed E-state index contributed by atoms with van der Waals surface area (Å²) in [5.41, 5.74) is 13.8. The van der Waals surface area contributed by atoms with Crippen molar-refractivity contribution < 1.29 is 18.7 Å². The molecule has 0 saturated heterocycles. The molecule has 9 heteroatoms. The van der Waals surface area contributed by atoms with E-state index in [-0.39, 0.29) is 18.3 Å². The molecular weight excluding hydrogens is 401 g/mol. The molecule has 2 rings (SSSR count). The minimum Gasteiger partial charge on any atom is -0.450 e. The van der Waals surface area contributed by atoms with E-state index in [1.807, 2.05) is 0 Å². The largest absolute Gasteiger partial charge is 0.450 e. The second-order valence-electron chi connectivity index (χ2n) is 6.97. The molecule has 0 bridgehead atoms. The number of rotatable bonds is 11. The van der Waals surface area contributed by atoms with Crippen LogP contribution in [0.4, 0.5) is 26.2 Å². The zero-order valence-electron chi connectivity index (χ0n) is 17.6. The third kappa shape index (κ3) is 8.23. The van der Waals surface area contributed by atoms with E-state index in [0.717, 1.165) is 18.4 Å². The minimum absolute atomic E-state index is 0.219. The van der Waals surface area contributed by atoms with Crippen LogP contribution in [0.5, 0.6) is 0 Å². The molecule has 0 fully saturated rings. The molecule has 1 atom stereocenters. The Bertz CT molecular complexity index is 861. The summed E-state index contributed by atoms with van der Waals surface area (Å²) in [6.45, 7) is 2.92.